The highest BCUT2D eigenvalue weighted by Gasteiger charge is 2.28. The topological polar surface area (TPSA) is 67.3 Å². The van der Waals surface area contributed by atoms with Gasteiger partial charge in [0, 0.05) is 18.3 Å². The van der Waals surface area contributed by atoms with Crippen LogP contribution < -0.4 is 15.0 Å². The lowest BCUT2D eigenvalue weighted by Crippen LogP contribution is -2.27. The third-order valence-electron chi connectivity index (χ3n) is 4.95. The minimum absolute atomic E-state index is 0.246. The van der Waals surface area contributed by atoms with Gasteiger partial charge in [0.1, 0.15) is 5.75 Å². The molecule has 1 atom stereocenters. The molecule has 1 aliphatic heterocycles. The van der Waals surface area contributed by atoms with Crippen molar-refractivity contribution >= 4 is 17.4 Å². The number of hydrogen-bond donors (Lipinski definition) is 1. The molecule has 0 bridgehead atoms. The molecular formula is C22H22N4O2. The van der Waals surface area contributed by atoms with Gasteiger partial charge in [0.2, 0.25) is 0 Å². The van der Waals surface area contributed by atoms with Crippen LogP contribution in [-0.2, 0) is 13.0 Å². The van der Waals surface area contributed by atoms with Crippen molar-refractivity contribution in [1.29, 1.82) is 0 Å². The molecule has 0 saturated carbocycles. The van der Waals surface area contributed by atoms with Crippen molar-refractivity contribution in [3.8, 4) is 5.75 Å². The number of rotatable bonds is 5. The molecule has 0 spiro atoms. The molecule has 142 valence electrons. The van der Waals surface area contributed by atoms with E-state index in [9.17, 15) is 4.79 Å². The van der Waals surface area contributed by atoms with Crippen LogP contribution in [0, 0.1) is 0 Å². The van der Waals surface area contributed by atoms with Crippen LogP contribution in [0.3, 0.4) is 0 Å². The van der Waals surface area contributed by atoms with E-state index in [1.54, 1.807) is 13.2 Å². The molecular weight excluding hydrogens is 352 g/mol. The normalized spacial score (nSPS) is 15.2. The first-order chi connectivity index (χ1) is 13.7. The fourth-order valence-electron chi connectivity index (χ4n) is 3.51. The molecule has 1 amide bonds. The molecule has 1 aliphatic rings. The van der Waals surface area contributed by atoms with Gasteiger partial charge in [0.15, 0.2) is 11.5 Å². The second-order valence-corrected chi connectivity index (χ2v) is 6.86. The summed E-state index contributed by atoms with van der Waals surface area (Å²) in [6, 6.07) is 19.8. The fourth-order valence-corrected chi connectivity index (χ4v) is 3.51. The van der Waals surface area contributed by atoms with Gasteiger partial charge < -0.3 is 15.0 Å². The lowest BCUT2D eigenvalue weighted by Gasteiger charge is -2.23. The van der Waals surface area contributed by atoms with E-state index in [-0.39, 0.29) is 5.91 Å². The molecule has 3 aromatic rings. The maximum atomic E-state index is 12.4. The molecule has 0 fully saturated rings. The van der Waals surface area contributed by atoms with E-state index in [1.807, 2.05) is 36.4 Å². The molecule has 1 N–H and O–H groups in total. The second-order valence-electron chi connectivity index (χ2n) is 6.86. The van der Waals surface area contributed by atoms with Gasteiger partial charge >= 0.3 is 0 Å². The van der Waals surface area contributed by atoms with Crippen molar-refractivity contribution in [1.82, 2.24) is 15.5 Å². The van der Waals surface area contributed by atoms with Crippen molar-refractivity contribution in [2.75, 3.05) is 12.0 Å². The third-order valence-corrected chi connectivity index (χ3v) is 4.95. The maximum absolute atomic E-state index is 12.4. The first-order valence-corrected chi connectivity index (χ1v) is 9.27. The zero-order chi connectivity index (χ0) is 19.5. The van der Waals surface area contributed by atoms with Crippen LogP contribution in [0.4, 0.5) is 11.5 Å². The largest absolute Gasteiger partial charge is 0.497 e. The van der Waals surface area contributed by atoms with Crippen LogP contribution in [0.25, 0.3) is 0 Å². The van der Waals surface area contributed by atoms with E-state index in [0.29, 0.717) is 18.3 Å². The van der Waals surface area contributed by atoms with Crippen LogP contribution in [-0.4, -0.2) is 29.3 Å². The summed E-state index contributed by atoms with van der Waals surface area (Å²) in [6.07, 6.45) is 0.974. The molecule has 6 nitrogen and oxygen atoms in total. The second kappa shape index (κ2) is 7.68. The van der Waals surface area contributed by atoms with Gasteiger partial charge in [-0.15, -0.1) is 10.2 Å². The number of benzene rings is 2. The number of ether oxygens (including phenoxy) is 1. The van der Waals surface area contributed by atoms with E-state index in [1.165, 1.54) is 5.56 Å². The van der Waals surface area contributed by atoms with Gasteiger partial charge in [-0.1, -0.05) is 30.3 Å². The first-order valence-electron chi connectivity index (χ1n) is 9.27. The van der Waals surface area contributed by atoms with Crippen LogP contribution in [0.2, 0.25) is 0 Å². The minimum atomic E-state index is -0.246. The van der Waals surface area contributed by atoms with Crippen LogP contribution >= 0.6 is 0 Å². The zero-order valence-electron chi connectivity index (χ0n) is 15.9. The van der Waals surface area contributed by atoms with Crippen LogP contribution in [0.15, 0.2) is 60.7 Å². The highest BCUT2D eigenvalue weighted by molar-refractivity contribution is 5.92. The molecule has 1 aromatic heterocycles. The molecule has 2 aromatic carbocycles. The van der Waals surface area contributed by atoms with E-state index >= 15 is 0 Å². The molecule has 0 saturated heterocycles. The van der Waals surface area contributed by atoms with Crippen LogP contribution in [0.1, 0.15) is 28.5 Å². The van der Waals surface area contributed by atoms with Gasteiger partial charge in [-0.2, -0.15) is 0 Å². The zero-order valence-corrected chi connectivity index (χ0v) is 15.9. The van der Waals surface area contributed by atoms with E-state index in [4.69, 9.17) is 4.74 Å². The number of amides is 1. The van der Waals surface area contributed by atoms with Gasteiger partial charge in [-0.3, -0.25) is 4.79 Å². The minimum Gasteiger partial charge on any atom is -0.497 e. The van der Waals surface area contributed by atoms with Crippen molar-refractivity contribution in [2.24, 2.45) is 0 Å². The monoisotopic (exact) mass is 374 g/mol. The Morgan fingerprint density at radius 3 is 2.61 bits per heavy atom. The van der Waals surface area contributed by atoms with Gasteiger partial charge in [-0.05, 0) is 54.8 Å². The Morgan fingerprint density at radius 2 is 1.89 bits per heavy atom. The number of anilines is 2. The first kappa shape index (κ1) is 18.0. The summed E-state index contributed by atoms with van der Waals surface area (Å²) in [5.74, 6) is 1.29. The van der Waals surface area contributed by atoms with Gasteiger partial charge in [0.05, 0.1) is 7.11 Å². The predicted molar refractivity (Wildman–Crippen MR) is 108 cm³/mol. The molecule has 6 heteroatoms. The Hall–Kier alpha value is -3.41. The summed E-state index contributed by atoms with van der Waals surface area (Å²) in [5.41, 5.74) is 3.75. The molecule has 4 rings (SSSR count). The van der Waals surface area contributed by atoms with Crippen LogP contribution in [0.5, 0.6) is 5.75 Å². The Balaban J connectivity index is 1.43. The molecule has 1 unspecified atom stereocenters. The average Bonchev–Trinajstić information content (AvgIpc) is 3.08. The van der Waals surface area contributed by atoms with E-state index < -0.39 is 0 Å². The molecule has 0 radical (unpaired) electrons. The SMILES string of the molecule is COc1ccc(CNC(=O)c2ccc(N3c4ccccc4CC3C)nn2)cc1. The summed E-state index contributed by atoms with van der Waals surface area (Å²) >= 11 is 0. The number of hydrogen-bond acceptors (Lipinski definition) is 5. The number of nitrogens with zero attached hydrogens (tertiary/aromatic N) is 3. The van der Waals surface area contributed by atoms with Gasteiger partial charge in [0.25, 0.3) is 5.91 Å². The Labute approximate surface area is 164 Å². The van der Waals surface area contributed by atoms with Crippen molar-refractivity contribution in [3.63, 3.8) is 0 Å². The summed E-state index contributed by atoms with van der Waals surface area (Å²) in [7, 11) is 1.63. The van der Waals surface area contributed by atoms with Crippen molar-refractivity contribution in [3.05, 3.63) is 77.5 Å². The maximum Gasteiger partial charge on any atom is 0.272 e. The average molecular weight is 374 g/mol. The summed E-state index contributed by atoms with van der Waals surface area (Å²) in [6.45, 7) is 2.58. The number of carbonyl (C=O) groups is 1. The lowest BCUT2D eigenvalue weighted by atomic mass is 10.1. The molecule has 28 heavy (non-hydrogen) atoms. The quantitative estimate of drug-likeness (QED) is 0.740. The summed E-state index contributed by atoms with van der Waals surface area (Å²) in [5, 5.41) is 11.3. The number of methoxy groups -OCH3 is 1. The highest BCUT2D eigenvalue weighted by Crippen LogP contribution is 2.36. The number of carbonyl (C=O) groups excluding carboxylic acids is 1. The standard InChI is InChI=1S/C22H22N4O2/c1-15-13-17-5-3-4-6-20(17)26(15)21-12-11-19(24-25-21)22(27)23-14-16-7-9-18(28-2)10-8-16/h3-12,15H,13-14H2,1-2H3,(H,23,27). The van der Waals surface area contributed by atoms with Gasteiger partial charge in [-0.25, -0.2) is 0 Å². The lowest BCUT2D eigenvalue weighted by molar-refractivity contribution is 0.0945. The van der Waals surface area contributed by atoms with E-state index in [2.05, 4.69) is 45.5 Å². The highest BCUT2D eigenvalue weighted by atomic mass is 16.5. The molecule has 0 aliphatic carbocycles. The Bertz CT molecular complexity index is 971. The molecule has 2 heterocycles. The number of para-hydroxylation sites is 1. The van der Waals surface area contributed by atoms with Crippen molar-refractivity contribution in [2.45, 2.75) is 25.9 Å². The third kappa shape index (κ3) is 3.53. The number of nitrogens with one attached hydrogen (secondary N) is 1. The van der Waals surface area contributed by atoms with Crippen molar-refractivity contribution < 1.29 is 9.53 Å². The fraction of sp³-hybridized carbons (Fsp3) is 0.227. The predicted octanol–water partition coefficient (Wildman–Crippen LogP) is 3.50. The summed E-state index contributed by atoms with van der Waals surface area (Å²) < 4.78 is 5.14. The smallest absolute Gasteiger partial charge is 0.272 e. The Kier molecular flexibility index (Phi) is 4.93. The summed E-state index contributed by atoms with van der Waals surface area (Å²) in [4.78, 5) is 14.6. The number of fused-ring (bicyclic) bond motifs is 1. The van der Waals surface area contributed by atoms with E-state index in [0.717, 1.165) is 29.2 Å². The number of aromatic nitrogens is 2. The Morgan fingerprint density at radius 1 is 1.11 bits per heavy atom.